The molecule has 1 amide bonds. The van der Waals surface area contributed by atoms with Crippen LogP contribution in [0.4, 0.5) is 0 Å². The number of amides is 1. The first-order valence-electron chi connectivity index (χ1n) is 9.33. The van der Waals surface area contributed by atoms with Crippen LogP contribution >= 0.6 is 11.3 Å². The molecule has 0 aliphatic heterocycles. The highest BCUT2D eigenvalue weighted by Gasteiger charge is 2.21. The maximum Gasteiger partial charge on any atom is 0.259 e. The number of carbonyl (C=O) groups excluding carboxylic acids is 1. The predicted octanol–water partition coefficient (Wildman–Crippen LogP) is 2.11. The van der Waals surface area contributed by atoms with E-state index in [1.807, 2.05) is 14.1 Å². The minimum Gasteiger partial charge on any atom is -0.355 e. The van der Waals surface area contributed by atoms with Crippen molar-refractivity contribution < 1.29 is 4.79 Å². The third kappa shape index (κ3) is 3.99. The number of likely N-dealkylation sites (N-methyl/N-ethyl adjacent to an activating group) is 1. The lowest BCUT2D eigenvalue weighted by atomic mass is 10.0. The van der Waals surface area contributed by atoms with Crippen LogP contribution in [-0.2, 0) is 24.1 Å². The average molecular weight is 377 g/mol. The monoisotopic (exact) mass is 376 g/mol. The molecule has 1 aliphatic carbocycles. The van der Waals surface area contributed by atoms with Crippen LogP contribution in [0.5, 0.6) is 0 Å². The summed E-state index contributed by atoms with van der Waals surface area (Å²) in [6.07, 6.45) is 3.94. The highest BCUT2D eigenvalue weighted by atomic mass is 32.1. The Labute approximate surface area is 158 Å². The highest BCUT2D eigenvalue weighted by Crippen LogP contribution is 2.34. The molecule has 0 fully saturated rings. The van der Waals surface area contributed by atoms with Gasteiger partial charge in [-0.3, -0.25) is 9.59 Å². The molecular weight excluding hydrogens is 348 g/mol. The molecule has 0 spiro atoms. The second kappa shape index (κ2) is 7.88. The van der Waals surface area contributed by atoms with Gasteiger partial charge in [0.05, 0.1) is 5.39 Å². The second-order valence-electron chi connectivity index (χ2n) is 7.63. The Morgan fingerprint density at radius 1 is 1.35 bits per heavy atom. The van der Waals surface area contributed by atoms with Gasteiger partial charge in [-0.05, 0) is 44.8 Å². The number of aryl methyl sites for hydroxylation is 3. The lowest BCUT2D eigenvalue weighted by molar-refractivity contribution is -0.121. The van der Waals surface area contributed by atoms with E-state index in [0.717, 1.165) is 29.5 Å². The zero-order valence-electron chi connectivity index (χ0n) is 16.0. The normalized spacial score (nSPS) is 15.0. The van der Waals surface area contributed by atoms with E-state index in [0.29, 0.717) is 37.2 Å². The summed E-state index contributed by atoms with van der Waals surface area (Å²) < 4.78 is 0. The predicted molar refractivity (Wildman–Crippen MR) is 106 cm³/mol. The molecule has 0 saturated heterocycles. The van der Waals surface area contributed by atoms with Crippen LogP contribution in [0.1, 0.15) is 43.0 Å². The van der Waals surface area contributed by atoms with Gasteiger partial charge in [-0.1, -0.05) is 13.8 Å². The first-order chi connectivity index (χ1) is 12.4. The Morgan fingerprint density at radius 3 is 2.81 bits per heavy atom. The molecule has 3 rings (SSSR count). The fourth-order valence-corrected chi connectivity index (χ4v) is 5.00. The molecule has 1 atom stereocenters. The Balaban J connectivity index is 1.61. The lowest BCUT2D eigenvalue weighted by Crippen LogP contribution is -2.43. The summed E-state index contributed by atoms with van der Waals surface area (Å²) in [5, 5.41) is 3.77. The molecule has 2 aromatic heterocycles. The number of nitrogens with zero attached hydrogens (tertiary/aromatic N) is 2. The number of nitrogens with one attached hydrogen (secondary N) is 2. The molecule has 0 radical (unpaired) electrons. The summed E-state index contributed by atoms with van der Waals surface area (Å²) in [5.41, 5.74) is 1.13. The minimum absolute atomic E-state index is 0.00563. The van der Waals surface area contributed by atoms with Crippen LogP contribution < -0.4 is 10.9 Å². The van der Waals surface area contributed by atoms with Crippen LogP contribution in [0.2, 0.25) is 0 Å². The van der Waals surface area contributed by atoms with Gasteiger partial charge in [0.1, 0.15) is 10.7 Å². The van der Waals surface area contributed by atoms with Crippen LogP contribution in [0, 0.1) is 5.92 Å². The van der Waals surface area contributed by atoms with Crippen molar-refractivity contribution in [3.63, 3.8) is 0 Å². The van der Waals surface area contributed by atoms with Crippen molar-refractivity contribution in [3.8, 4) is 0 Å². The third-order valence-electron chi connectivity index (χ3n) is 5.15. The maximum atomic E-state index is 12.4. The van der Waals surface area contributed by atoms with Gasteiger partial charge < -0.3 is 15.2 Å². The van der Waals surface area contributed by atoms with Gasteiger partial charge in [-0.25, -0.2) is 4.98 Å². The van der Waals surface area contributed by atoms with E-state index in [-0.39, 0.29) is 11.5 Å². The first-order valence-corrected chi connectivity index (χ1v) is 10.1. The number of H-pyrrole nitrogens is 1. The van der Waals surface area contributed by atoms with E-state index in [4.69, 9.17) is 0 Å². The standard InChI is InChI=1S/C19H28N4O2S/c1-11(2)13(23(3)4)10-20-16(24)9-8-15-21-18(25)17-12-6-5-7-14(12)26-19(17)22-15/h11,13H,5-10H2,1-4H3,(H,20,24)(H,21,22,25). The third-order valence-corrected chi connectivity index (χ3v) is 6.34. The van der Waals surface area contributed by atoms with E-state index >= 15 is 0 Å². The van der Waals surface area contributed by atoms with Crippen LogP contribution in [0.3, 0.4) is 0 Å². The minimum atomic E-state index is -0.0581. The van der Waals surface area contributed by atoms with Crippen molar-refractivity contribution in [1.82, 2.24) is 20.2 Å². The lowest BCUT2D eigenvalue weighted by Gasteiger charge is -2.28. The summed E-state index contributed by atoms with van der Waals surface area (Å²) in [6.45, 7) is 4.93. The van der Waals surface area contributed by atoms with Crippen molar-refractivity contribution in [3.05, 3.63) is 26.6 Å². The molecule has 2 aromatic rings. The largest absolute Gasteiger partial charge is 0.355 e. The van der Waals surface area contributed by atoms with Crippen LogP contribution in [-0.4, -0.2) is 47.5 Å². The second-order valence-corrected chi connectivity index (χ2v) is 8.71. The quantitative estimate of drug-likeness (QED) is 0.776. The number of fused-ring (bicyclic) bond motifs is 3. The number of hydrogen-bond acceptors (Lipinski definition) is 5. The molecule has 2 heterocycles. The van der Waals surface area contributed by atoms with Gasteiger partial charge >= 0.3 is 0 Å². The fourth-order valence-electron chi connectivity index (χ4n) is 3.72. The highest BCUT2D eigenvalue weighted by molar-refractivity contribution is 7.18. The van der Waals surface area contributed by atoms with E-state index in [1.165, 1.54) is 10.4 Å². The summed E-state index contributed by atoms with van der Waals surface area (Å²) in [4.78, 5) is 36.3. The molecule has 0 saturated carbocycles. The number of thiophene rings is 1. The number of rotatable bonds is 7. The topological polar surface area (TPSA) is 78.1 Å². The summed E-state index contributed by atoms with van der Waals surface area (Å²) in [5.74, 6) is 1.06. The van der Waals surface area contributed by atoms with Crippen LogP contribution in [0.15, 0.2) is 4.79 Å². The number of carbonyl (C=O) groups is 1. The number of aromatic nitrogens is 2. The van der Waals surface area contributed by atoms with Gasteiger partial charge in [0.2, 0.25) is 5.91 Å². The molecule has 0 aromatic carbocycles. The number of hydrogen-bond donors (Lipinski definition) is 2. The van der Waals surface area contributed by atoms with Gasteiger partial charge in [-0.2, -0.15) is 0 Å². The molecule has 142 valence electrons. The summed E-state index contributed by atoms with van der Waals surface area (Å²) in [7, 11) is 4.05. The molecule has 2 N–H and O–H groups in total. The molecule has 0 bridgehead atoms. The van der Waals surface area contributed by atoms with Crippen molar-refractivity contribution in [1.29, 1.82) is 0 Å². The molecule has 6 nitrogen and oxygen atoms in total. The molecule has 7 heteroatoms. The van der Waals surface area contributed by atoms with Gasteiger partial charge in [0, 0.05) is 30.3 Å². The zero-order chi connectivity index (χ0) is 18.8. The first kappa shape index (κ1) is 19.0. The van der Waals surface area contributed by atoms with Crippen molar-refractivity contribution >= 4 is 27.5 Å². The van der Waals surface area contributed by atoms with Gasteiger partial charge in [0.15, 0.2) is 0 Å². The molecular formula is C19H28N4O2S. The number of aromatic amines is 1. The Kier molecular flexibility index (Phi) is 5.77. The fraction of sp³-hybridized carbons (Fsp3) is 0.632. The Bertz CT molecular complexity index is 845. The van der Waals surface area contributed by atoms with Crippen molar-refractivity contribution in [2.24, 2.45) is 5.92 Å². The maximum absolute atomic E-state index is 12.4. The molecule has 1 unspecified atom stereocenters. The van der Waals surface area contributed by atoms with E-state index in [2.05, 4.69) is 34.0 Å². The van der Waals surface area contributed by atoms with Gasteiger partial charge in [-0.15, -0.1) is 11.3 Å². The van der Waals surface area contributed by atoms with E-state index in [9.17, 15) is 9.59 Å². The van der Waals surface area contributed by atoms with Crippen molar-refractivity contribution in [2.45, 2.75) is 52.0 Å². The molecule has 26 heavy (non-hydrogen) atoms. The average Bonchev–Trinajstić information content (AvgIpc) is 3.12. The molecule has 1 aliphatic rings. The Morgan fingerprint density at radius 2 is 2.12 bits per heavy atom. The zero-order valence-corrected chi connectivity index (χ0v) is 16.8. The summed E-state index contributed by atoms with van der Waals surface area (Å²) in [6, 6.07) is 0.307. The SMILES string of the molecule is CC(C)C(CNC(=O)CCc1nc2sc3c(c2c(=O)[nH]1)CCC3)N(C)C. The van der Waals surface area contributed by atoms with E-state index < -0.39 is 0 Å². The Hall–Kier alpha value is -1.73. The smallest absolute Gasteiger partial charge is 0.259 e. The van der Waals surface area contributed by atoms with Crippen LogP contribution in [0.25, 0.3) is 10.2 Å². The summed E-state index contributed by atoms with van der Waals surface area (Å²) >= 11 is 1.63. The van der Waals surface area contributed by atoms with E-state index in [1.54, 1.807) is 11.3 Å². The van der Waals surface area contributed by atoms with Crippen molar-refractivity contribution in [2.75, 3.05) is 20.6 Å². The van der Waals surface area contributed by atoms with Gasteiger partial charge in [0.25, 0.3) is 5.56 Å².